The third kappa shape index (κ3) is 2.61. The minimum atomic E-state index is -0.358. The van der Waals surface area contributed by atoms with E-state index in [1.165, 1.54) is 12.1 Å². The molecule has 4 heteroatoms. The Morgan fingerprint density at radius 2 is 2.00 bits per heavy atom. The van der Waals surface area contributed by atoms with Crippen molar-refractivity contribution in [3.05, 3.63) is 65.8 Å². The molecule has 0 N–H and O–H groups in total. The van der Waals surface area contributed by atoms with Gasteiger partial charge in [0.25, 0.3) is 0 Å². The van der Waals surface area contributed by atoms with Crippen LogP contribution in [-0.4, -0.2) is 4.98 Å². The molecule has 1 atom stereocenters. The van der Waals surface area contributed by atoms with Gasteiger partial charge in [0.15, 0.2) is 11.5 Å². The predicted molar refractivity (Wildman–Crippen MR) is 72.7 cm³/mol. The zero-order valence-electron chi connectivity index (χ0n) is 10.0. The normalized spacial score (nSPS) is 12.7. The summed E-state index contributed by atoms with van der Waals surface area (Å²) in [6, 6.07) is 13.8. The highest BCUT2D eigenvalue weighted by atomic mass is 35.5. The van der Waals surface area contributed by atoms with Crippen LogP contribution in [0.15, 0.2) is 52.9 Å². The van der Waals surface area contributed by atoms with E-state index in [1.54, 1.807) is 12.1 Å². The summed E-state index contributed by atoms with van der Waals surface area (Å²) in [5.74, 6) is 0.270. The topological polar surface area (TPSA) is 26.0 Å². The maximum absolute atomic E-state index is 13.1. The second-order valence-corrected chi connectivity index (χ2v) is 4.83. The first-order chi connectivity index (χ1) is 9.22. The van der Waals surface area contributed by atoms with E-state index in [9.17, 15) is 4.39 Å². The van der Waals surface area contributed by atoms with Crippen molar-refractivity contribution in [2.45, 2.75) is 11.8 Å². The molecule has 0 saturated heterocycles. The van der Waals surface area contributed by atoms with Crippen LogP contribution in [0, 0.1) is 5.82 Å². The van der Waals surface area contributed by atoms with E-state index >= 15 is 0 Å². The summed E-state index contributed by atoms with van der Waals surface area (Å²) in [7, 11) is 0. The molecular formula is C15H11ClFNO. The van der Waals surface area contributed by atoms with Gasteiger partial charge in [0.2, 0.25) is 0 Å². The van der Waals surface area contributed by atoms with Gasteiger partial charge in [-0.25, -0.2) is 9.37 Å². The largest absolute Gasteiger partial charge is 0.441 e. The lowest BCUT2D eigenvalue weighted by molar-refractivity contribution is 0.524. The molecule has 0 aliphatic carbocycles. The molecule has 2 nitrogen and oxygen atoms in total. The highest BCUT2D eigenvalue weighted by Crippen LogP contribution is 2.26. The van der Waals surface area contributed by atoms with E-state index in [0.29, 0.717) is 12.3 Å². The van der Waals surface area contributed by atoms with Gasteiger partial charge in [0, 0.05) is 6.42 Å². The monoisotopic (exact) mass is 275 g/mol. The Bertz CT molecular complexity index is 677. The molecule has 0 aliphatic rings. The molecule has 96 valence electrons. The predicted octanol–water partition coefficient (Wildman–Crippen LogP) is 4.49. The van der Waals surface area contributed by atoms with Crippen LogP contribution < -0.4 is 0 Å². The molecule has 3 aromatic rings. The number of aromatic nitrogens is 1. The molecule has 0 saturated carbocycles. The van der Waals surface area contributed by atoms with Crippen LogP contribution in [0.2, 0.25) is 0 Å². The van der Waals surface area contributed by atoms with Crippen LogP contribution in [0.25, 0.3) is 11.1 Å². The average molecular weight is 276 g/mol. The van der Waals surface area contributed by atoms with Gasteiger partial charge in [0.1, 0.15) is 11.3 Å². The van der Waals surface area contributed by atoms with Gasteiger partial charge in [0.05, 0.1) is 5.38 Å². The van der Waals surface area contributed by atoms with E-state index < -0.39 is 0 Å². The Labute approximate surface area is 114 Å². The lowest BCUT2D eigenvalue weighted by Crippen LogP contribution is -1.96. The summed E-state index contributed by atoms with van der Waals surface area (Å²) in [4.78, 5) is 4.36. The summed E-state index contributed by atoms with van der Waals surface area (Å²) in [6.45, 7) is 0. The Morgan fingerprint density at radius 3 is 2.79 bits per heavy atom. The molecule has 19 heavy (non-hydrogen) atoms. The molecule has 0 radical (unpaired) electrons. The maximum Gasteiger partial charge on any atom is 0.197 e. The summed E-state index contributed by atoms with van der Waals surface area (Å²) >= 11 is 6.27. The van der Waals surface area contributed by atoms with Crippen LogP contribution in [0.3, 0.4) is 0 Å². The van der Waals surface area contributed by atoms with Gasteiger partial charge in [-0.3, -0.25) is 0 Å². The lowest BCUT2D eigenvalue weighted by Gasteiger charge is -2.06. The number of alkyl halides is 1. The molecule has 0 aliphatic heterocycles. The Morgan fingerprint density at radius 1 is 1.16 bits per heavy atom. The van der Waals surface area contributed by atoms with Crippen molar-refractivity contribution in [1.29, 1.82) is 0 Å². The van der Waals surface area contributed by atoms with E-state index in [1.807, 2.05) is 24.3 Å². The number of rotatable bonds is 3. The summed E-state index contributed by atoms with van der Waals surface area (Å²) < 4.78 is 18.7. The first kappa shape index (κ1) is 12.2. The van der Waals surface area contributed by atoms with Gasteiger partial charge in [-0.05, 0) is 29.8 Å². The molecule has 0 fully saturated rings. The Hall–Kier alpha value is -1.87. The minimum Gasteiger partial charge on any atom is -0.441 e. The van der Waals surface area contributed by atoms with E-state index in [-0.39, 0.29) is 11.2 Å². The van der Waals surface area contributed by atoms with Crippen LogP contribution >= 0.6 is 11.6 Å². The van der Waals surface area contributed by atoms with Gasteiger partial charge >= 0.3 is 0 Å². The number of hydrogen-bond donors (Lipinski definition) is 0. The first-order valence-corrected chi connectivity index (χ1v) is 6.40. The Balaban J connectivity index is 1.84. The van der Waals surface area contributed by atoms with Crippen LogP contribution in [0.1, 0.15) is 16.8 Å². The molecule has 2 aromatic carbocycles. The molecule has 0 amide bonds. The fraction of sp³-hybridized carbons (Fsp3) is 0.133. The average Bonchev–Trinajstić information content (AvgIpc) is 2.80. The molecule has 1 heterocycles. The summed E-state index contributed by atoms with van der Waals surface area (Å²) in [5, 5.41) is -0.358. The smallest absolute Gasteiger partial charge is 0.197 e. The maximum atomic E-state index is 13.1. The van der Waals surface area contributed by atoms with Crippen molar-refractivity contribution in [2.75, 3.05) is 0 Å². The zero-order valence-corrected chi connectivity index (χ0v) is 10.8. The fourth-order valence-corrected chi connectivity index (χ4v) is 2.25. The van der Waals surface area contributed by atoms with E-state index in [4.69, 9.17) is 16.0 Å². The van der Waals surface area contributed by atoms with Gasteiger partial charge in [-0.15, -0.1) is 11.6 Å². The second-order valence-electron chi connectivity index (χ2n) is 4.30. The van der Waals surface area contributed by atoms with Gasteiger partial charge < -0.3 is 4.42 Å². The number of nitrogens with zero attached hydrogens (tertiary/aromatic N) is 1. The number of hydrogen-bond acceptors (Lipinski definition) is 2. The second kappa shape index (κ2) is 5.02. The molecule has 0 spiro atoms. The van der Waals surface area contributed by atoms with Gasteiger partial charge in [-0.1, -0.05) is 24.3 Å². The van der Waals surface area contributed by atoms with Crippen molar-refractivity contribution in [3.63, 3.8) is 0 Å². The number of halogens is 2. The standard InChI is InChI=1S/C15H11ClFNO/c16-12(10-4-3-5-11(17)8-10)9-15-18-13-6-1-2-7-14(13)19-15/h1-8,12H,9H2. The number of benzene rings is 2. The van der Waals surface area contributed by atoms with Crippen molar-refractivity contribution in [1.82, 2.24) is 4.98 Å². The molecular weight excluding hydrogens is 265 g/mol. The molecule has 1 aromatic heterocycles. The quantitative estimate of drug-likeness (QED) is 0.658. The zero-order chi connectivity index (χ0) is 13.2. The fourth-order valence-electron chi connectivity index (χ4n) is 1.98. The Kier molecular flexibility index (Phi) is 3.22. The highest BCUT2D eigenvalue weighted by molar-refractivity contribution is 6.20. The molecule has 3 rings (SSSR count). The van der Waals surface area contributed by atoms with Crippen molar-refractivity contribution in [2.24, 2.45) is 0 Å². The highest BCUT2D eigenvalue weighted by Gasteiger charge is 2.14. The minimum absolute atomic E-state index is 0.291. The van der Waals surface area contributed by atoms with E-state index in [0.717, 1.165) is 16.7 Å². The van der Waals surface area contributed by atoms with Crippen LogP contribution in [0.4, 0.5) is 4.39 Å². The van der Waals surface area contributed by atoms with Crippen molar-refractivity contribution < 1.29 is 8.81 Å². The van der Waals surface area contributed by atoms with Crippen LogP contribution in [0.5, 0.6) is 0 Å². The summed E-state index contributed by atoms with van der Waals surface area (Å²) in [6.07, 6.45) is 0.430. The van der Waals surface area contributed by atoms with Gasteiger partial charge in [-0.2, -0.15) is 0 Å². The third-order valence-electron chi connectivity index (χ3n) is 2.90. The van der Waals surface area contributed by atoms with Crippen LogP contribution in [-0.2, 0) is 6.42 Å². The van der Waals surface area contributed by atoms with Crippen molar-refractivity contribution >= 4 is 22.7 Å². The third-order valence-corrected chi connectivity index (χ3v) is 3.31. The van der Waals surface area contributed by atoms with E-state index in [2.05, 4.69) is 4.98 Å². The number of fused-ring (bicyclic) bond motifs is 1. The first-order valence-electron chi connectivity index (χ1n) is 5.96. The summed E-state index contributed by atoms with van der Waals surface area (Å²) in [5.41, 5.74) is 2.27. The van der Waals surface area contributed by atoms with Crippen molar-refractivity contribution in [3.8, 4) is 0 Å². The number of oxazole rings is 1. The number of para-hydroxylation sites is 2. The lowest BCUT2D eigenvalue weighted by atomic mass is 10.1. The molecule has 0 bridgehead atoms. The molecule has 1 unspecified atom stereocenters. The SMILES string of the molecule is Fc1cccc(C(Cl)Cc2nc3ccccc3o2)c1.